The van der Waals surface area contributed by atoms with Crippen LogP contribution in [0.2, 0.25) is 5.15 Å². The van der Waals surface area contributed by atoms with Crippen molar-refractivity contribution in [3.63, 3.8) is 0 Å². The van der Waals surface area contributed by atoms with Crippen LogP contribution in [-0.2, 0) is 0 Å². The lowest BCUT2D eigenvalue weighted by atomic mass is 9.79. The van der Waals surface area contributed by atoms with Crippen molar-refractivity contribution in [2.24, 2.45) is 5.92 Å². The SMILES string of the molecule is CC1CCCC(O)(CNc2nccnc2Cl)C1. The third-order valence-corrected chi connectivity index (χ3v) is 3.58. The summed E-state index contributed by atoms with van der Waals surface area (Å²) in [5.41, 5.74) is -0.640. The fourth-order valence-electron chi connectivity index (χ4n) is 2.48. The number of nitrogens with zero attached hydrogens (tertiary/aromatic N) is 2. The Hall–Kier alpha value is -0.870. The smallest absolute Gasteiger partial charge is 0.171 e. The van der Waals surface area contributed by atoms with Crippen LogP contribution >= 0.6 is 11.6 Å². The van der Waals surface area contributed by atoms with E-state index in [0.717, 1.165) is 19.3 Å². The summed E-state index contributed by atoms with van der Waals surface area (Å²) in [6.45, 7) is 2.66. The second kappa shape index (κ2) is 5.19. The average molecular weight is 256 g/mol. The Morgan fingerprint density at radius 3 is 3.00 bits per heavy atom. The number of halogens is 1. The molecular formula is C12H18ClN3O. The van der Waals surface area contributed by atoms with Gasteiger partial charge in [-0.3, -0.25) is 0 Å². The molecule has 0 aliphatic heterocycles. The standard InChI is InChI=1S/C12H18ClN3O/c1-9-3-2-4-12(17,7-9)8-16-11-10(13)14-5-6-15-11/h5-6,9,17H,2-4,7-8H2,1H3,(H,15,16). The number of aromatic nitrogens is 2. The first-order chi connectivity index (χ1) is 8.09. The van der Waals surface area contributed by atoms with Crippen molar-refractivity contribution in [1.82, 2.24) is 9.97 Å². The minimum atomic E-state index is -0.640. The van der Waals surface area contributed by atoms with Crippen molar-refractivity contribution in [2.75, 3.05) is 11.9 Å². The van der Waals surface area contributed by atoms with Crippen LogP contribution in [0.4, 0.5) is 5.82 Å². The molecule has 1 saturated carbocycles. The minimum Gasteiger partial charge on any atom is -0.388 e. The summed E-state index contributed by atoms with van der Waals surface area (Å²) in [5.74, 6) is 1.12. The predicted molar refractivity (Wildman–Crippen MR) is 68.1 cm³/mol. The molecule has 2 N–H and O–H groups in total. The van der Waals surface area contributed by atoms with E-state index < -0.39 is 5.60 Å². The average Bonchev–Trinajstić information content (AvgIpc) is 2.28. The number of aliphatic hydroxyl groups is 1. The third kappa shape index (κ3) is 3.30. The Kier molecular flexibility index (Phi) is 3.84. The maximum Gasteiger partial charge on any atom is 0.171 e. The summed E-state index contributed by atoms with van der Waals surface area (Å²) in [7, 11) is 0. The summed E-state index contributed by atoms with van der Waals surface area (Å²) >= 11 is 5.90. The number of anilines is 1. The molecule has 5 heteroatoms. The topological polar surface area (TPSA) is 58.0 Å². The molecule has 1 aliphatic rings. The van der Waals surface area contributed by atoms with Gasteiger partial charge in [-0.25, -0.2) is 9.97 Å². The van der Waals surface area contributed by atoms with E-state index in [1.165, 1.54) is 6.42 Å². The van der Waals surface area contributed by atoms with Crippen LogP contribution in [0.5, 0.6) is 0 Å². The molecule has 0 amide bonds. The highest BCUT2D eigenvalue weighted by Gasteiger charge is 2.32. The van der Waals surface area contributed by atoms with E-state index >= 15 is 0 Å². The Morgan fingerprint density at radius 2 is 2.29 bits per heavy atom. The normalized spacial score (nSPS) is 29.0. The highest BCUT2D eigenvalue weighted by atomic mass is 35.5. The van der Waals surface area contributed by atoms with Gasteiger partial charge in [-0.1, -0.05) is 31.4 Å². The van der Waals surface area contributed by atoms with Crippen LogP contribution in [0.25, 0.3) is 0 Å². The van der Waals surface area contributed by atoms with Crippen molar-refractivity contribution in [3.05, 3.63) is 17.5 Å². The first kappa shape index (κ1) is 12.6. The van der Waals surface area contributed by atoms with E-state index in [4.69, 9.17) is 11.6 Å². The molecule has 0 aromatic carbocycles. The third-order valence-electron chi connectivity index (χ3n) is 3.31. The quantitative estimate of drug-likeness (QED) is 0.871. The van der Waals surface area contributed by atoms with Crippen LogP contribution in [0.3, 0.4) is 0 Å². The first-order valence-electron chi connectivity index (χ1n) is 6.02. The van der Waals surface area contributed by atoms with Gasteiger partial charge in [-0.2, -0.15) is 0 Å². The molecule has 0 saturated heterocycles. The van der Waals surface area contributed by atoms with Crippen molar-refractivity contribution < 1.29 is 5.11 Å². The van der Waals surface area contributed by atoms with E-state index in [-0.39, 0.29) is 0 Å². The number of hydrogen-bond acceptors (Lipinski definition) is 4. The van der Waals surface area contributed by atoms with Gasteiger partial charge in [-0.15, -0.1) is 0 Å². The van der Waals surface area contributed by atoms with Gasteiger partial charge in [-0.05, 0) is 18.8 Å². The number of rotatable bonds is 3. The van der Waals surface area contributed by atoms with Crippen LogP contribution in [0.1, 0.15) is 32.6 Å². The predicted octanol–water partition coefficient (Wildman–Crippen LogP) is 2.48. The van der Waals surface area contributed by atoms with Gasteiger partial charge >= 0.3 is 0 Å². The van der Waals surface area contributed by atoms with Gasteiger partial charge in [0.15, 0.2) is 11.0 Å². The minimum absolute atomic E-state index is 0.347. The molecule has 1 heterocycles. The monoisotopic (exact) mass is 255 g/mol. The molecule has 4 nitrogen and oxygen atoms in total. The van der Waals surface area contributed by atoms with Gasteiger partial charge in [0, 0.05) is 18.9 Å². The maximum atomic E-state index is 10.4. The summed E-state index contributed by atoms with van der Waals surface area (Å²) in [5, 5.41) is 13.9. The largest absolute Gasteiger partial charge is 0.388 e. The molecular weight excluding hydrogens is 238 g/mol. The summed E-state index contributed by atoms with van der Waals surface area (Å²) in [6, 6.07) is 0. The molecule has 17 heavy (non-hydrogen) atoms. The van der Waals surface area contributed by atoms with E-state index in [1.54, 1.807) is 12.4 Å². The lowest BCUT2D eigenvalue weighted by Crippen LogP contribution is -2.41. The molecule has 1 aliphatic carbocycles. The lowest BCUT2D eigenvalue weighted by Gasteiger charge is -2.35. The summed E-state index contributed by atoms with van der Waals surface area (Å²) in [4.78, 5) is 8.04. The second-order valence-electron chi connectivity index (χ2n) is 4.98. The van der Waals surface area contributed by atoms with E-state index in [2.05, 4.69) is 22.2 Å². The van der Waals surface area contributed by atoms with Crippen molar-refractivity contribution in [3.8, 4) is 0 Å². The zero-order valence-electron chi connectivity index (χ0n) is 9.99. The molecule has 1 aromatic rings. The van der Waals surface area contributed by atoms with Gasteiger partial charge < -0.3 is 10.4 Å². The second-order valence-corrected chi connectivity index (χ2v) is 5.33. The maximum absolute atomic E-state index is 10.4. The van der Waals surface area contributed by atoms with Crippen molar-refractivity contribution in [2.45, 2.75) is 38.2 Å². The lowest BCUT2D eigenvalue weighted by molar-refractivity contribution is -0.000826. The Balaban J connectivity index is 1.95. The van der Waals surface area contributed by atoms with E-state index in [0.29, 0.717) is 23.4 Å². The molecule has 94 valence electrons. The van der Waals surface area contributed by atoms with Crippen LogP contribution in [-0.4, -0.2) is 27.2 Å². The molecule has 0 spiro atoms. The van der Waals surface area contributed by atoms with Crippen LogP contribution < -0.4 is 5.32 Å². The molecule has 1 fully saturated rings. The number of nitrogens with one attached hydrogen (secondary N) is 1. The molecule has 2 atom stereocenters. The molecule has 2 rings (SSSR count). The van der Waals surface area contributed by atoms with Gasteiger partial charge in [0.1, 0.15) is 0 Å². The summed E-state index contributed by atoms with van der Waals surface area (Å²) < 4.78 is 0. The van der Waals surface area contributed by atoms with Gasteiger partial charge in [0.25, 0.3) is 0 Å². The van der Waals surface area contributed by atoms with Crippen LogP contribution in [0.15, 0.2) is 12.4 Å². The highest BCUT2D eigenvalue weighted by molar-refractivity contribution is 6.31. The van der Waals surface area contributed by atoms with Gasteiger partial charge in [0.2, 0.25) is 0 Å². The van der Waals surface area contributed by atoms with E-state index in [1.807, 2.05) is 0 Å². The highest BCUT2D eigenvalue weighted by Crippen LogP contribution is 2.32. The zero-order chi connectivity index (χ0) is 12.3. The fraction of sp³-hybridized carbons (Fsp3) is 0.667. The summed E-state index contributed by atoms with van der Waals surface area (Å²) in [6.07, 6.45) is 7.08. The molecule has 2 unspecified atom stereocenters. The van der Waals surface area contributed by atoms with E-state index in [9.17, 15) is 5.11 Å². The number of hydrogen-bond donors (Lipinski definition) is 2. The molecule has 1 aromatic heterocycles. The molecule has 0 radical (unpaired) electrons. The van der Waals surface area contributed by atoms with Gasteiger partial charge in [0.05, 0.1) is 5.60 Å². The fourth-order valence-corrected chi connectivity index (χ4v) is 2.65. The van der Waals surface area contributed by atoms with Crippen molar-refractivity contribution in [1.29, 1.82) is 0 Å². The Morgan fingerprint density at radius 1 is 1.53 bits per heavy atom. The Labute approximate surface area is 106 Å². The van der Waals surface area contributed by atoms with Crippen LogP contribution in [0, 0.1) is 5.92 Å². The first-order valence-corrected chi connectivity index (χ1v) is 6.40. The Bertz CT molecular complexity index is 388. The molecule has 0 bridgehead atoms. The zero-order valence-corrected chi connectivity index (χ0v) is 10.7. The van der Waals surface area contributed by atoms with Crippen molar-refractivity contribution >= 4 is 17.4 Å².